The second-order valence-corrected chi connectivity index (χ2v) is 4.83. The van der Waals surface area contributed by atoms with E-state index in [2.05, 4.69) is 4.74 Å². The molecule has 0 bridgehead atoms. The Hall–Kier alpha value is -0.920. The molecule has 0 fully saturated rings. The fraction of sp³-hybridized carbons (Fsp3) is 0.286. The molecule has 7 heteroatoms. The summed E-state index contributed by atoms with van der Waals surface area (Å²) in [6, 6.07) is 1.28. The van der Waals surface area contributed by atoms with Gasteiger partial charge in [-0.1, -0.05) is 0 Å². The van der Waals surface area contributed by atoms with E-state index in [9.17, 15) is 13.2 Å². The van der Waals surface area contributed by atoms with Gasteiger partial charge >= 0.3 is 5.97 Å². The van der Waals surface area contributed by atoms with Gasteiger partial charge in [0.15, 0.2) is 0 Å². The van der Waals surface area contributed by atoms with E-state index in [1.54, 1.807) is 6.92 Å². The van der Waals surface area contributed by atoms with E-state index in [0.717, 1.165) is 11.3 Å². The molecular weight excluding hydrogens is 226 g/mol. The molecule has 2 N–H and O–H groups in total. The maximum absolute atomic E-state index is 11.2. The summed E-state index contributed by atoms with van der Waals surface area (Å²) in [6.07, 6.45) is 0. The summed E-state index contributed by atoms with van der Waals surface area (Å²) in [6.45, 7) is 1.84. The number of esters is 1. The van der Waals surface area contributed by atoms with Gasteiger partial charge in [0.1, 0.15) is 9.77 Å². The number of hydrogen-bond acceptors (Lipinski definition) is 5. The number of thiophene rings is 1. The van der Waals surface area contributed by atoms with Crippen molar-refractivity contribution in [2.45, 2.75) is 11.8 Å². The summed E-state index contributed by atoms with van der Waals surface area (Å²) >= 11 is 0.991. The van der Waals surface area contributed by atoms with Gasteiger partial charge in [0.2, 0.25) is 10.0 Å². The summed E-state index contributed by atoms with van der Waals surface area (Å²) in [5, 5.41) is 6.39. The highest BCUT2D eigenvalue weighted by Crippen LogP contribution is 2.21. The Kier molecular flexibility index (Phi) is 3.25. The number of hydrogen-bond donors (Lipinski definition) is 1. The number of nitrogens with two attached hydrogens (primary N) is 1. The minimum absolute atomic E-state index is 0.0225. The maximum Gasteiger partial charge on any atom is 0.349 e. The summed E-state index contributed by atoms with van der Waals surface area (Å²) < 4.78 is 26.7. The summed E-state index contributed by atoms with van der Waals surface area (Å²) in [5.41, 5.74) is 0. The predicted octanol–water partition coefficient (Wildman–Crippen LogP) is 0.572. The number of rotatable bonds is 3. The van der Waals surface area contributed by atoms with Crippen molar-refractivity contribution in [3.8, 4) is 0 Å². The van der Waals surface area contributed by atoms with Crippen LogP contribution in [0.1, 0.15) is 16.6 Å². The topological polar surface area (TPSA) is 86.5 Å². The van der Waals surface area contributed by atoms with Gasteiger partial charge in [-0.2, -0.15) is 0 Å². The Balaban J connectivity index is 3.12. The van der Waals surface area contributed by atoms with E-state index in [0.29, 0.717) is 0 Å². The monoisotopic (exact) mass is 235 g/mol. The molecule has 1 heterocycles. The van der Waals surface area contributed by atoms with Gasteiger partial charge in [-0.15, -0.1) is 11.3 Å². The highest BCUT2D eigenvalue weighted by Gasteiger charge is 2.21. The Bertz CT molecular complexity index is 434. The third kappa shape index (κ3) is 2.31. The molecule has 0 unspecified atom stereocenters. The Morgan fingerprint density at radius 3 is 2.79 bits per heavy atom. The minimum Gasteiger partial charge on any atom is -0.462 e. The number of ether oxygens (including phenoxy) is 1. The molecule has 0 atom stereocenters. The quantitative estimate of drug-likeness (QED) is 0.776. The van der Waals surface area contributed by atoms with Gasteiger partial charge < -0.3 is 4.74 Å². The first-order chi connectivity index (χ1) is 6.46. The van der Waals surface area contributed by atoms with Crippen LogP contribution < -0.4 is 5.14 Å². The summed E-state index contributed by atoms with van der Waals surface area (Å²) in [4.78, 5) is 11.1. The lowest BCUT2D eigenvalue weighted by Crippen LogP contribution is -2.15. The normalized spacial score (nSPS) is 11.3. The smallest absolute Gasteiger partial charge is 0.349 e. The van der Waals surface area contributed by atoms with Gasteiger partial charge in [-0.05, 0) is 18.4 Å². The zero-order valence-corrected chi connectivity index (χ0v) is 9.02. The Morgan fingerprint density at radius 2 is 2.29 bits per heavy atom. The van der Waals surface area contributed by atoms with Gasteiger partial charge in [-0.3, -0.25) is 0 Å². The molecule has 5 nitrogen and oxygen atoms in total. The van der Waals surface area contributed by atoms with E-state index < -0.39 is 16.0 Å². The molecule has 1 aromatic heterocycles. The standard InChI is InChI=1S/C7H9NO4S2/c1-2-12-7(9)6-5(3-4-13-6)14(8,10)11/h3-4H,2H2,1H3,(H2,8,10,11). The Morgan fingerprint density at radius 1 is 1.64 bits per heavy atom. The Labute approximate surface area is 85.5 Å². The lowest BCUT2D eigenvalue weighted by atomic mass is 10.5. The molecule has 0 amide bonds. The van der Waals surface area contributed by atoms with Crippen molar-refractivity contribution in [2.24, 2.45) is 5.14 Å². The van der Waals surface area contributed by atoms with E-state index in [-0.39, 0.29) is 16.4 Å². The van der Waals surface area contributed by atoms with E-state index in [1.807, 2.05) is 0 Å². The fourth-order valence-corrected chi connectivity index (χ4v) is 2.72. The van der Waals surface area contributed by atoms with Crippen molar-refractivity contribution in [3.63, 3.8) is 0 Å². The van der Waals surface area contributed by atoms with Crippen molar-refractivity contribution < 1.29 is 17.9 Å². The third-order valence-electron chi connectivity index (χ3n) is 1.40. The average Bonchev–Trinajstić information content (AvgIpc) is 2.50. The van der Waals surface area contributed by atoms with Crippen molar-refractivity contribution in [3.05, 3.63) is 16.3 Å². The lowest BCUT2D eigenvalue weighted by molar-refractivity contribution is 0.0528. The highest BCUT2D eigenvalue weighted by atomic mass is 32.2. The van der Waals surface area contributed by atoms with Crippen LogP contribution in [-0.4, -0.2) is 21.0 Å². The van der Waals surface area contributed by atoms with Crippen LogP contribution >= 0.6 is 11.3 Å². The first kappa shape index (κ1) is 11.2. The zero-order valence-electron chi connectivity index (χ0n) is 7.39. The fourth-order valence-electron chi connectivity index (χ4n) is 0.867. The molecule has 0 aliphatic carbocycles. The van der Waals surface area contributed by atoms with E-state index in [4.69, 9.17) is 5.14 Å². The molecule has 0 aromatic carbocycles. The van der Waals surface area contributed by atoms with Crippen molar-refractivity contribution in [1.29, 1.82) is 0 Å². The third-order valence-corrected chi connectivity index (χ3v) is 3.37. The molecule has 14 heavy (non-hydrogen) atoms. The van der Waals surface area contributed by atoms with E-state index in [1.165, 1.54) is 11.4 Å². The van der Waals surface area contributed by atoms with Crippen LogP contribution in [0.2, 0.25) is 0 Å². The van der Waals surface area contributed by atoms with Crippen LogP contribution in [-0.2, 0) is 14.8 Å². The molecule has 0 saturated heterocycles. The van der Waals surface area contributed by atoms with E-state index >= 15 is 0 Å². The predicted molar refractivity (Wildman–Crippen MR) is 51.6 cm³/mol. The van der Waals surface area contributed by atoms with Crippen molar-refractivity contribution >= 4 is 27.3 Å². The summed E-state index contributed by atoms with van der Waals surface area (Å²) in [5.74, 6) is -0.661. The molecule has 1 aromatic rings. The van der Waals surface area contributed by atoms with Crippen LogP contribution in [0.3, 0.4) is 0 Å². The molecule has 0 aliphatic heterocycles. The minimum atomic E-state index is -3.84. The van der Waals surface area contributed by atoms with Crippen LogP contribution in [0.15, 0.2) is 16.3 Å². The second kappa shape index (κ2) is 4.07. The van der Waals surface area contributed by atoms with Crippen LogP contribution in [0.5, 0.6) is 0 Å². The van der Waals surface area contributed by atoms with Crippen molar-refractivity contribution in [2.75, 3.05) is 6.61 Å². The average molecular weight is 235 g/mol. The van der Waals surface area contributed by atoms with Gasteiger partial charge in [0.25, 0.3) is 0 Å². The molecule has 1 rings (SSSR count). The molecule has 0 radical (unpaired) electrons. The molecule has 0 aliphatic rings. The molecule has 0 spiro atoms. The van der Waals surface area contributed by atoms with Crippen molar-refractivity contribution in [1.82, 2.24) is 0 Å². The summed E-state index contributed by atoms with van der Waals surface area (Å²) in [7, 11) is -3.84. The lowest BCUT2D eigenvalue weighted by Gasteiger charge is -2.00. The number of carbonyl (C=O) groups is 1. The van der Waals surface area contributed by atoms with Gasteiger partial charge in [0.05, 0.1) is 6.61 Å². The van der Waals surface area contributed by atoms with Crippen LogP contribution in [0.25, 0.3) is 0 Å². The highest BCUT2D eigenvalue weighted by molar-refractivity contribution is 7.89. The molecular formula is C7H9NO4S2. The number of sulfonamides is 1. The maximum atomic E-state index is 11.2. The largest absolute Gasteiger partial charge is 0.462 e. The first-order valence-electron chi connectivity index (χ1n) is 3.74. The first-order valence-corrected chi connectivity index (χ1v) is 6.16. The zero-order chi connectivity index (χ0) is 10.8. The molecule has 0 saturated carbocycles. The number of carbonyl (C=O) groups excluding carboxylic acids is 1. The van der Waals surface area contributed by atoms with Crippen LogP contribution in [0.4, 0.5) is 0 Å². The van der Waals surface area contributed by atoms with Gasteiger partial charge in [-0.25, -0.2) is 18.4 Å². The number of primary sulfonamides is 1. The second-order valence-electron chi connectivity index (χ2n) is 2.38. The van der Waals surface area contributed by atoms with Crippen LogP contribution in [0, 0.1) is 0 Å². The van der Waals surface area contributed by atoms with Gasteiger partial charge in [0, 0.05) is 0 Å². The molecule has 78 valence electrons. The SMILES string of the molecule is CCOC(=O)c1sccc1S(N)(=O)=O.